The second kappa shape index (κ2) is 6.38. The monoisotopic (exact) mass is 308 g/mol. The second-order valence-electron chi connectivity index (χ2n) is 4.71. The Hall–Kier alpha value is -2.70. The number of benzene rings is 2. The zero-order chi connectivity index (χ0) is 15.4. The van der Waals surface area contributed by atoms with Gasteiger partial charge in [0.15, 0.2) is 0 Å². The maximum atomic E-state index is 12.2. The minimum absolute atomic E-state index is 0.147. The zero-order valence-corrected chi connectivity index (χ0v) is 12.4. The Balaban J connectivity index is 1.68. The Bertz CT molecular complexity index is 886. The summed E-state index contributed by atoms with van der Waals surface area (Å²) >= 11 is 6.02. The highest BCUT2D eigenvalue weighted by molar-refractivity contribution is 6.31. The van der Waals surface area contributed by atoms with Crippen LogP contribution in [-0.4, -0.2) is 17.4 Å². The van der Waals surface area contributed by atoms with E-state index >= 15 is 0 Å². The van der Waals surface area contributed by atoms with Gasteiger partial charge in [0, 0.05) is 22.7 Å². The standard InChI is InChI=1S/C18H13ClN2O/c19-16-9-3-1-6-13(16)7-5-11-20-18(22)15-12-21-17-10-4-2-8-14(15)17/h1-4,6,8-10,12,21H,11H2,(H,20,22). The van der Waals surface area contributed by atoms with E-state index in [2.05, 4.69) is 22.1 Å². The predicted octanol–water partition coefficient (Wildman–Crippen LogP) is 3.60. The smallest absolute Gasteiger partial charge is 0.254 e. The van der Waals surface area contributed by atoms with Gasteiger partial charge >= 0.3 is 0 Å². The van der Waals surface area contributed by atoms with Crippen LogP contribution in [0.25, 0.3) is 10.9 Å². The molecule has 0 bridgehead atoms. The van der Waals surface area contributed by atoms with E-state index in [1.54, 1.807) is 12.3 Å². The number of fused-ring (bicyclic) bond motifs is 1. The molecule has 0 aliphatic heterocycles. The molecule has 3 nitrogen and oxygen atoms in total. The Morgan fingerprint density at radius 2 is 1.91 bits per heavy atom. The van der Waals surface area contributed by atoms with Crippen LogP contribution in [0.2, 0.25) is 5.02 Å². The zero-order valence-electron chi connectivity index (χ0n) is 11.7. The van der Waals surface area contributed by atoms with Gasteiger partial charge in [-0.3, -0.25) is 4.79 Å². The average Bonchev–Trinajstić information content (AvgIpc) is 2.97. The molecule has 108 valence electrons. The third-order valence-corrected chi connectivity index (χ3v) is 3.60. The summed E-state index contributed by atoms with van der Waals surface area (Å²) in [6.07, 6.45) is 1.71. The van der Waals surface area contributed by atoms with E-state index in [0.717, 1.165) is 16.5 Å². The number of para-hydroxylation sites is 1. The highest BCUT2D eigenvalue weighted by Gasteiger charge is 2.10. The number of amides is 1. The largest absolute Gasteiger partial charge is 0.360 e. The van der Waals surface area contributed by atoms with Crippen LogP contribution in [-0.2, 0) is 0 Å². The maximum absolute atomic E-state index is 12.2. The first-order valence-electron chi connectivity index (χ1n) is 6.83. The van der Waals surface area contributed by atoms with Crippen LogP contribution in [0.4, 0.5) is 0 Å². The molecule has 0 fully saturated rings. The van der Waals surface area contributed by atoms with E-state index in [9.17, 15) is 4.79 Å². The fourth-order valence-electron chi connectivity index (χ4n) is 2.18. The molecule has 1 amide bonds. The van der Waals surface area contributed by atoms with Gasteiger partial charge in [0.1, 0.15) is 0 Å². The molecule has 2 aromatic carbocycles. The van der Waals surface area contributed by atoms with E-state index in [-0.39, 0.29) is 12.5 Å². The Kier molecular flexibility index (Phi) is 4.13. The predicted molar refractivity (Wildman–Crippen MR) is 89.0 cm³/mol. The van der Waals surface area contributed by atoms with Gasteiger partial charge < -0.3 is 10.3 Å². The Labute approximate surface area is 133 Å². The van der Waals surface area contributed by atoms with Crippen LogP contribution in [0.3, 0.4) is 0 Å². The van der Waals surface area contributed by atoms with Crippen LogP contribution < -0.4 is 5.32 Å². The van der Waals surface area contributed by atoms with Gasteiger partial charge in [-0.15, -0.1) is 0 Å². The van der Waals surface area contributed by atoms with E-state index in [4.69, 9.17) is 11.6 Å². The van der Waals surface area contributed by atoms with Crippen molar-refractivity contribution in [1.82, 2.24) is 10.3 Å². The molecule has 0 spiro atoms. The van der Waals surface area contributed by atoms with Gasteiger partial charge in [-0.25, -0.2) is 0 Å². The van der Waals surface area contributed by atoms with Crippen molar-refractivity contribution in [1.29, 1.82) is 0 Å². The first kappa shape index (κ1) is 14.2. The summed E-state index contributed by atoms with van der Waals surface area (Å²) in [4.78, 5) is 15.3. The summed E-state index contributed by atoms with van der Waals surface area (Å²) in [6, 6.07) is 15.0. The van der Waals surface area contributed by atoms with Gasteiger partial charge in [0.2, 0.25) is 0 Å². The third-order valence-electron chi connectivity index (χ3n) is 3.27. The lowest BCUT2D eigenvalue weighted by molar-refractivity contribution is 0.0960. The molecule has 3 rings (SSSR count). The molecule has 4 heteroatoms. The molecular weight excluding hydrogens is 296 g/mol. The highest BCUT2D eigenvalue weighted by Crippen LogP contribution is 2.17. The molecule has 0 unspecified atom stereocenters. The number of hydrogen-bond acceptors (Lipinski definition) is 1. The number of aromatic amines is 1. The van der Waals surface area contributed by atoms with E-state index in [1.165, 1.54) is 0 Å². The summed E-state index contributed by atoms with van der Waals surface area (Å²) in [5.74, 6) is 5.71. The van der Waals surface area contributed by atoms with E-state index < -0.39 is 0 Å². The van der Waals surface area contributed by atoms with Gasteiger partial charge in [0.25, 0.3) is 5.91 Å². The number of rotatable bonds is 2. The molecule has 0 atom stereocenters. The minimum atomic E-state index is -0.147. The van der Waals surface area contributed by atoms with Crippen LogP contribution in [0.15, 0.2) is 54.7 Å². The number of carbonyl (C=O) groups excluding carboxylic acids is 1. The summed E-state index contributed by atoms with van der Waals surface area (Å²) in [5, 5.41) is 4.30. The van der Waals surface area contributed by atoms with Crippen molar-refractivity contribution in [3.8, 4) is 11.8 Å². The van der Waals surface area contributed by atoms with Gasteiger partial charge in [-0.05, 0) is 18.2 Å². The number of hydrogen-bond donors (Lipinski definition) is 2. The second-order valence-corrected chi connectivity index (χ2v) is 5.12. The quantitative estimate of drug-likeness (QED) is 0.698. The SMILES string of the molecule is O=C(NCC#Cc1ccccc1Cl)c1c[nH]c2ccccc12. The number of aromatic nitrogens is 1. The van der Waals surface area contributed by atoms with Crippen molar-refractivity contribution in [3.63, 3.8) is 0 Å². The third kappa shape index (κ3) is 2.98. The summed E-state index contributed by atoms with van der Waals surface area (Å²) in [6.45, 7) is 0.267. The lowest BCUT2D eigenvalue weighted by atomic mass is 10.1. The molecule has 0 saturated heterocycles. The van der Waals surface area contributed by atoms with Crippen molar-refractivity contribution in [2.75, 3.05) is 6.54 Å². The normalized spacial score (nSPS) is 10.0. The molecular formula is C18H13ClN2O. The topological polar surface area (TPSA) is 44.9 Å². The van der Waals surface area contributed by atoms with Crippen molar-refractivity contribution in [2.24, 2.45) is 0 Å². The summed E-state index contributed by atoms with van der Waals surface area (Å²) in [5.41, 5.74) is 2.32. The summed E-state index contributed by atoms with van der Waals surface area (Å²) in [7, 11) is 0. The number of nitrogens with one attached hydrogen (secondary N) is 2. The molecule has 0 radical (unpaired) electrons. The molecule has 0 aliphatic carbocycles. The average molecular weight is 309 g/mol. The fourth-order valence-corrected chi connectivity index (χ4v) is 2.36. The molecule has 22 heavy (non-hydrogen) atoms. The number of halogens is 1. The van der Waals surface area contributed by atoms with Gasteiger partial charge in [0.05, 0.1) is 17.1 Å². The molecule has 3 aromatic rings. The number of carbonyl (C=O) groups is 1. The van der Waals surface area contributed by atoms with Crippen molar-refractivity contribution < 1.29 is 4.79 Å². The van der Waals surface area contributed by atoms with Crippen LogP contribution >= 0.6 is 11.6 Å². The Morgan fingerprint density at radius 1 is 1.14 bits per heavy atom. The van der Waals surface area contributed by atoms with Gasteiger partial charge in [-0.1, -0.05) is 53.8 Å². The lowest BCUT2D eigenvalue weighted by Crippen LogP contribution is -2.23. The van der Waals surface area contributed by atoms with Crippen LogP contribution in [0.5, 0.6) is 0 Å². The first-order valence-corrected chi connectivity index (χ1v) is 7.21. The van der Waals surface area contributed by atoms with Crippen molar-refractivity contribution >= 4 is 28.4 Å². The highest BCUT2D eigenvalue weighted by atomic mass is 35.5. The van der Waals surface area contributed by atoms with E-state index in [0.29, 0.717) is 10.6 Å². The molecule has 1 aromatic heterocycles. The maximum Gasteiger partial charge on any atom is 0.254 e. The molecule has 0 aliphatic rings. The van der Waals surface area contributed by atoms with E-state index in [1.807, 2.05) is 42.5 Å². The minimum Gasteiger partial charge on any atom is -0.360 e. The first-order chi connectivity index (χ1) is 10.8. The van der Waals surface area contributed by atoms with Crippen LogP contribution in [0.1, 0.15) is 15.9 Å². The fraction of sp³-hybridized carbons (Fsp3) is 0.0556. The van der Waals surface area contributed by atoms with Crippen molar-refractivity contribution in [3.05, 3.63) is 70.9 Å². The van der Waals surface area contributed by atoms with Gasteiger partial charge in [-0.2, -0.15) is 0 Å². The lowest BCUT2D eigenvalue weighted by Gasteiger charge is -1.99. The van der Waals surface area contributed by atoms with Crippen LogP contribution in [0, 0.1) is 11.8 Å². The van der Waals surface area contributed by atoms with Crippen molar-refractivity contribution in [2.45, 2.75) is 0 Å². The summed E-state index contributed by atoms with van der Waals surface area (Å²) < 4.78 is 0. The molecule has 1 heterocycles. The molecule has 2 N–H and O–H groups in total. The Morgan fingerprint density at radius 3 is 2.77 bits per heavy atom. The number of H-pyrrole nitrogens is 1. The molecule has 0 saturated carbocycles.